The summed E-state index contributed by atoms with van der Waals surface area (Å²) in [4.78, 5) is 11.6. The molecule has 0 amide bonds. The molecular weight excluding hydrogens is 264 g/mol. The Hall–Kier alpha value is -2.22. The van der Waals surface area contributed by atoms with E-state index in [2.05, 4.69) is 15.5 Å². The number of aromatic nitrogens is 4. The monoisotopic (exact) mass is 280 g/mol. The molecule has 8 nitrogen and oxygen atoms in total. The quantitative estimate of drug-likeness (QED) is 0.727. The summed E-state index contributed by atoms with van der Waals surface area (Å²) >= 11 is 0. The van der Waals surface area contributed by atoms with Gasteiger partial charge >= 0.3 is 5.97 Å². The van der Waals surface area contributed by atoms with Crippen LogP contribution in [0.1, 0.15) is 34.6 Å². The zero-order valence-corrected chi connectivity index (χ0v) is 11.6. The largest absolute Gasteiger partial charge is 0.461 e. The highest BCUT2D eigenvalue weighted by atomic mass is 16.5. The average Bonchev–Trinajstić information content (AvgIpc) is 2.99. The van der Waals surface area contributed by atoms with Gasteiger partial charge < -0.3 is 14.0 Å². The van der Waals surface area contributed by atoms with E-state index in [1.165, 1.54) is 0 Å². The second-order valence-electron chi connectivity index (χ2n) is 4.12. The molecule has 0 radical (unpaired) electrons. The normalized spacial score (nSPS) is 10.8. The average molecular weight is 280 g/mol. The van der Waals surface area contributed by atoms with Crippen molar-refractivity contribution in [1.29, 1.82) is 0 Å². The van der Waals surface area contributed by atoms with Crippen molar-refractivity contribution in [3.8, 4) is 0 Å². The van der Waals surface area contributed by atoms with E-state index < -0.39 is 5.97 Å². The predicted molar refractivity (Wildman–Crippen MR) is 67.0 cm³/mol. The molecule has 0 saturated heterocycles. The highest BCUT2D eigenvalue weighted by molar-refractivity contribution is 5.88. The van der Waals surface area contributed by atoms with Crippen LogP contribution in [0.2, 0.25) is 0 Å². The number of rotatable bonds is 6. The number of hydrogen-bond acceptors (Lipinski definition) is 7. The van der Waals surface area contributed by atoms with Gasteiger partial charge in [0.15, 0.2) is 11.5 Å². The van der Waals surface area contributed by atoms with Gasteiger partial charge in [0.2, 0.25) is 0 Å². The molecule has 0 atom stereocenters. The number of esters is 1. The van der Waals surface area contributed by atoms with Crippen LogP contribution in [0.5, 0.6) is 0 Å². The molecule has 0 aliphatic carbocycles. The maximum absolute atomic E-state index is 11.6. The molecule has 2 heterocycles. The first-order valence-corrected chi connectivity index (χ1v) is 6.16. The van der Waals surface area contributed by atoms with E-state index >= 15 is 0 Å². The Labute approximate surface area is 115 Å². The SMILES string of the molecule is CCOC(=O)c1nnn(Cc2cc(COC)on2)c1C. The van der Waals surface area contributed by atoms with Crippen LogP contribution in [0.3, 0.4) is 0 Å². The van der Waals surface area contributed by atoms with Gasteiger partial charge in [-0.05, 0) is 13.8 Å². The Balaban J connectivity index is 2.11. The first-order valence-electron chi connectivity index (χ1n) is 6.16. The van der Waals surface area contributed by atoms with E-state index in [0.29, 0.717) is 36.9 Å². The number of methoxy groups -OCH3 is 1. The lowest BCUT2D eigenvalue weighted by atomic mass is 10.3. The van der Waals surface area contributed by atoms with E-state index in [9.17, 15) is 4.79 Å². The van der Waals surface area contributed by atoms with Crippen molar-refractivity contribution < 1.29 is 18.8 Å². The molecule has 8 heteroatoms. The highest BCUT2D eigenvalue weighted by Gasteiger charge is 2.18. The fourth-order valence-electron chi connectivity index (χ4n) is 1.69. The highest BCUT2D eigenvalue weighted by Crippen LogP contribution is 2.10. The van der Waals surface area contributed by atoms with Gasteiger partial charge in [0.1, 0.15) is 12.3 Å². The fourth-order valence-corrected chi connectivity index (χ4v) is 1.69. The lowest BCUT2D eigenvalue weighted by molar-refractivity contribution is 0.0518. The number of carbonyl (C=O) groups is 1. The molecule has 0 fully saturated rings. The van der Waals surface area contributed by atoms with E-state index in [4.69, 9.17) is 14.0 Å². The van der Waals surface area contributed by atoms with E-state index in [0.717, 1.165) is 0 Å². The second kappa shape index (κ2) is 6.29. The van der Waals surface area contributed by atoms with Crippen LogP contribution in [0.25, 0.3) is 0 Å². The third-order valence-electron chi connectivity index (χ3n) is 2.66. The minimum atomic E-state index is -0.475. The fraction of sp³-hybridized carbons (Fsp3) is 0.500. The van der Waals surface area contributed by atoms with Crippen molar-refractivity contribution in [2.75, 3.05) is 13.7 Å². The van der Waals surface area contributed by atoms with Gasteiger partial charge in [-0.3, -0.25) is 0 Å². The number of hydrogen-bond donors (Lipinski definition) is 0. The molecule has 0 spiro atoms. The van der Waals surface area contributed by atoms with Gasteiger partial charge in [0, 0.05) is 13.2 Å². The Morgan fingerprint density at radius 1 is 1.50 bits per heavy atom. The molecule has 0 aliphatic heterocycles. The first kappa shape index (κ1) is 14.2. The van der Waals surface area contributed by atoms with E-state index in [-0.39, 0.29) is 5.69 Å². The summed E-state index contributed by atoms with van der Waals surface area (Å²) in [6.07, 6.45) is 0. The van der Waals surface area contributed by atoms with Crippen LogP contribution < -0.4 is 0 Å². The Bertz CT molecular complexity index is 590. The summed E-state index contributed by atoms with van der Waals surface area (Å²) < 4.78 is 16.5. The Kier molecular flexibility index (Phi) is 4.46. The summed E-state index contributed by atoms with van der Waals surface area (Å²) in [6.45, 7) is 4.52. The smallest absolute Gasteiger partial charge is 0.360 e. The van der Waals surface area contributed by atoms with Crippen molar-refractivity contribution >= 4 is 5.97 Å². The Morgan fingerprint density at radius 3 is 3.00 bits per heavy atom. The van der Waals surface area contributed by atoms with Crippen LogP contribution in [0.15, 0.2) is 10.6 Å². The number of ether oxygens (including phenoxy) is 2. The van der Waals surface area contributed by atoms with Gasteiger partial charge in [0.05, 0.1) is 18.8 Å². The summed E-state index contributed by atoms with van der Waals surface area (Å²) in [7, 11) is 1.58. The lowest BCUT2D eigenvalue weighted by Gasteiger charge is -2.01. The summed E-state index contributed by atoms with van der Waals surface area (Å²) in [6, 6.07) is 1.77. The Morgan fingerprint density at radius 2 is 2.30 bits per heavy atom. The van der Waals surface area contributed by atoms with Crippen LogP contribution in [-0.2, 0) is 22.6 Å². The van der Waals surface area contributed by atoms with Crippen molar-refractivity contribution in [1.82, 2.24) is 20.2 Å². The lowest BCUT2D eigenvalue weighted by Crippen LogP contribution is -2.09. The number of carbonyl (C=O) groups excluding carboxylic acids is 1. The molecule has 2 aromatic rings. The van der Waals surface area contributed by atoms with Crippen LogP contribution in [0.4, 0.5) is 0 Å². The molecule has 0 saturated carbocycles. The third-order valence-corrected chi connectivity index (χ3v) is 2.66. The predicted octanol–water partition coefficient (Wildman–Crippen LogP) is 0.946. The molecule has 0 aliphatic rings. The zero-order valence-electron chi connectivity index (χ0n) is 11.6. The van der Waals surface area contributed by atoms with Gasteiger partial charge in [-0.2, -0.15) is 0 Å². The topological polar surface area (TPSA) is 92.3 Å². The van der Waals surface area contributed by atoms with Gasteiger partial charge in [-0.15, -0.1) is 5.10 Å². The minimum absolute atomic E-state index is 0.215. The van der Waals surface area contributed by atoms with Crippen molar-refractivity contribution in [3.05, 3.63) is 28.9 Å². The molecule has 0 bridgehead atoms. The minimum Gasteiger partial charge on any atom is -0.461 e. The summed E-state index contributed by atoms with van der Waals surface area (Å²) in [5, 5.41) is 11.7. The van der Waals surface area contributed by atoms with Crippen LogP contribution in [-0.4, -0.2) is 39.8 Å². The summed E-state index contributed by atoms with van der Waals surface area (Å²) in [5.41, 5.74) is 1.52. The molecule has 2 rings (SSSR count). The van der Waals surface area contributed by atoms with Gasteiger partial charge in [0.25, 0.3) is 0 Å². The van der Waals surface area contributed by atoms with Gasteiger partial charge in [-0.25, -0.2) is 9.48 Å². The zero-order chi connectivity index (χ0) is 14.5. The molecular formula is C12H16N4O4. The molecule has 0 aromatic carbocycles. The maximum atomic E-state index is 11.6. The molecule has 108 valence electrons. The van der Waals surface area contributed by atoms with E-state index in [1.54, 1.807) is 31.7 Å². The molecule has 0 unspecified atom stereocenters. The first-order chi connectivity index (χ1) is 9.65. The standard InChI is InChI=1S/C12H16N4O4/c1-4-19-12(17)11-8(2)16(15-13-11)6-9-5-10(7-18-3)20-14-9/h5H,4,6-7H2,1-3H3. The van der Waals surface area contributed by atoms with Gasteiger partial charge in [-0.1, -0.05) is 10.4 Å². The van der Waals surface area contributed by atoms with Crippen LogP contribution in [0, 0.1) is 6.92 Å². The van der Waals surface area contributed by atoms with E-state index in [1.807, 2.05) is 0 Å². The molecule has 20 heavy (non-hydrogen) atoms. The second-order valence-corrected chi connectivity index (χ2v) is 4.12. The molecule has 2 aromatic heterocycles. The van der Waals surface area contributed by atoms with Crippen molar-refractivity contribution in [2.24, 2.45) is 0 Å². The van der Waals surface area contributed by atoms with Crippen LogP contribution >= 0.6 is 0 Å². The third kappa shape index (κ3) is 3.02. The summed E-state index contributed by atoms with van der Waals surface area (Å²) in [5.74, 6) is 0.155. The van der Waals surface area contributed by atoms with Crippen molar-refractivity contribution in [2.45, 2.75) is 27.0 Å². The maximum Gasteiger partial charge on any atom is 0.360 e. The number of nitrogens with zero attached hydrogens (tertiary/aromatic N) is 4. The molecule has 0 N–H and O–H groups in total. The van der Waals surface area contributed by atoms with Crippen molar-refractivity contribution in [3.63, 3.8) is 0 Å².